The maximum absolute atomic E-state index is 12.8. The molecule has 1 amide bonds. The van der Waals surface area contributed by atoms with Gasteiger partial charge in [-0.1, -0.05) is 50.5 Å². The van der Waals surface area contributed by atoms with Crippen molar-refractivity contribution in [1.82, 2.24) is 5.32 Å². The molecule has 1 aliphatic rings. The van der Waals surface area contributed by atoms with Crippen LogP contribution < -0.4 is 10.2 Å². The third-order valence-electron chi connectivity index (χ3n) is 6.93. The number of thiol groups is 1. The summed E-state index contributed by atoms with van der Waals surface area (Å²) < 4.78 is 61.3. The molecule has 1 fully saturated rings. The maximum Gasteiger partial charge on any atom is 0.339 e. The SMILES string of the molecule is CCNCC(=O)N(Cc1ccc(C2CCCCC2)cc1)c1ccc(C(=O)O)c(O)c1.Fc1c(F)c(F)c(S)c(F)c1F. The lowest BCUT2D eigenvalue weighted by atomic mass is 9.84. The highest BCUT2D eigenvalue weighted by Crippen LogP contribution is 2.33. The molecule has 3 aromatic rings. The Morgan fingerprint density at radius 1 is 0.905 bits per heavy atom. The molecule has 226 valence electrons. The fraction of sp³-hybridized carbons (Fsp3) is 0.333. The molecule has 1 aliphatic carbocycles. The highest BCUT2D eigenvalue weighted by Gasteiger charge is 2.23. The molecule has 42 heavy (non-hydrogen) atoms. The lowest BCUT2D eigenvalue weighted by molar-refractivity contribution is -0.117. The van der Waals surface area contributed by atoms with Crippen molar-refractivity contribution in [3.05, 3.63) is 88.2 Å². The van der Waals surface area contributed by atoms with Crippen molar-refractivity contribution in [2.24, 2.45) is 0 Å². The van der Waals surface area contributed by atoms with Gasteiger partial charge in [0.1, 0.15) is 11.3 Å². The zero-order chi connectivity index (χ0) is 31.0. The first kappa shape index (κ1) is 32.9. The lowest BCUT2D eigenvalue weighted by Gasteiger charge is -2.25. The Kier molecular flexibility index (Phi) is 11.7. The summed E-state index contributed by atoms with van der Waals surface area (Å²) in [6.45, 7) is 3.10. The third-order valence-corrected chi connectivity index (χ3v) is 7.33. The minimum absolute atomic E-state index is 0.143. The van der Waals surface area contributed by atoms with Gasteiger partial charge in [-0.05, 0) is 48.6 Å². The number of aromatic hydroxyl groups is 1. The second-order valence-electron chi connectivity index (χ2n) is 9.76. The predicted octanol–water partition coefficient (Wildman–Crippen LogP) is 6.95. The first-order valence-corrected chi connectivity index (χ1v) is 13.8. The zero-order valence-electron chi connectivity index (χ0n) is 22.8. The molecular weight excluding hydrogens is 579 g/mol. The number of carboxylic acids is 1. The number of likely N-dealkylation sites (N-methyl/N-ethyl adjacent to an activating group) is 1. The molecule has 3 N–H and O–H groups in total. The fourth-order valence-electron chi connectivity index (χ4n) is 4.63. The number of hydrogen-bond donors (Lipinski definition) is 4. The number of nitrogens with zero attached hydrogens (tertiary/aromatic N) is 1. The van der Waals surface area contributed by atoms with Crippen molar-refractivity contribution in [3.8, 4) is 5.75 Å². The van der Waals surface area contributed by atoms with Gasteiger partial charge in [-0.25, -0.2) is 26.7 Å². The summed E-state index contributed by atoms with van der Waals surface area (Å²) in [4.78, 5) is 24.4. The van der Waals surface area contributed by atoms with Crippen LogP contribution in [0, 0.1) is 29.1 Å². The zero-order valence-corrected chi connectivity index (χ0v) is 23.7. The van der Waals surface area contributed by atoms with Crippen LogP contribution in [0.3, 0.4) is 0 Å². The van der Waals surface area contributed by atoms with E-state index in [1.54, 1.807) is 11.0 Å². The van der Waals surface area contributed by atoms with E-state index in [-0.39, 0.29) is 23.8 Å². The Balaban J connectivity index is 0.000000337. The largest absolute Gasteiger partial charge is 0.507 e. The summed E-state index contributed by atoms with van der Waals surface area (Å²) in [5, 5.41) is 22.3. The Labute approximate surface area is 245 Å². The standard InChI is InChI=1S/C24H30N2O4.C6HF5S/c1-2-25-15-23(28)26(20-12-13-21(24(29)30)22(27)14-20)16-17-8-10-19(11-9-17)18-6-4-3-5-7-18;7-1-2(8)4(10)6(12)5(11)3(1)9/h8-14,18,25,27H,2-7,15-16H2,1H3,(H,29,30);12H. The van der Waals surface area contributed by atoms with Crippen molar-refractivity contribution in [2.75, 3.05) is 18.0 Å². The Morgan fingerprint density at radius 3 is 2.00 bits per heavy atom. The molecule has 0 spiro atoms. The quantitative estimate of drug-likeness (QED) is 0.0960. The summed E-state index contributed by atoms with van der Waals surface area (Å²) in [5.41, 5.74) is 2.63. The average Bonchev–Trinajstić information content (AvgIpc) is 3.00. The second-order valence-corrected chi connectivity index (χ2v) is 10.2. The summed E-state index contributed by atoms with van der Waals surface area (Å²) in [7, 11) is 0. The molecule has 0 radical (unpaired) electrons. The van der Waals surface area contributed by atoms with E-state index in [9.17, 15) is 36.6 Å². The van der Waals surface area contributed by atoms with Crippen LogP contribution in [0.25, 0.3) is 0 Å². The van der Waals surface area contributed by atoms with Crippen molar-refractivity contribution >= 4 is 30.2 Å². The van der Waals surface area contributed by atoms with Gasteiger partial charge in [0.2, 0.25) is 11.7 Å². The molecule has 1 saturated carbocycles. The van der Waals surface area contributed by atoms with Crippen LogP contribution in [0.4, 0.5) is 27.6 Å². The predicted molar refractivity (Wildman–Crippen MR) is 151 cm³/mol. The number of halogens is 5. The molecule has 4 rings (SSSR count). The van der Waals surface area contributed by atoms with E-state index in [0.717, 1.165) is 5.56 Å². The van der Waals surface area contributed by atoms with E-state index in [1.165, 1.54) is 49.8 Å². The van der Waals surface area contributed by atoms with Crippen molar-refractivity contribution in [1.29, 1.82) is 0 Å². The van der Waals surface area contributed by atoms with Gasteiger partial charge >= 0.3 is 5.97 Å². The van der Waals surface area contributed by atoms with Crippen LogP contribution in [0.2, 0.25) is 0 Å². The van der Waals surface area contributed by atoms with Gasteiger partial charge in [0.05, 0.1) is 18.0 Å². The Bertz CT molecular complexity index is 1310. The average molecular weight is 611 g/mol. The van der Waals surface area contributed by atoms with Gasteiger partial charge in [0.25, 0.3) is 0 Å². The van der Waals surface area contributed by atoms with Crippen LogP contribution in [0.5, 0.6) is 5.75 Å². The molecule has 0 aliphatic heterocycles. The normalized spacial score (nSPS) is 13.3. The molecule has 12 heteroatoms. The van der Waals surface area contributed by atoms with Crippen LogP contribution >= 0.6 is 12.6 Å². The molecular formula is C30H31F5N2O4S. The van der Waals surface area contributed by atoms with Gasteiger partial charge in [-0.15, -0.1) is 12.6 Å². The number of anilines is 1. The lowest BCUT2D eigenvalue weighted by Crippen LogP contribution is -2.37. The first-order valence-electron chi connectivity index (χ1n) is 13.3. The van der Waals surface area contributed by atoms with E-state index in [2.05, 4.69) is 42.2 Å². The Hall–Kier alpha value is -3.64. The first-order chi connectivity index (χ1) is 20.0. The monoisotopic (exact) mass is 610 g/mol. The molecule has 6 nitrogen and oxygen atoms in total. The summed E-state index contributed by atoms with van der Waals surface area (Å²) in [6.07, 6.45) is 6.37. The topological polar surface area (TPSA) is 89.9 Å². The van der Waals surface area contributed by atoms with Crippen molar-refractivity contribution in [3.63, 3.8) is 0 Å². The van der Waals surface area contributed by atoms with Gasteiger partial charge in [-0.3, -0.25) is 4.79 Å². The number of benzene rings is 3. The molecule has 0 heterocycles. The molecule has 0 aromatic heterocycles. The molecule has 3 aromatic carbocycles. The minimum atomic E-state index is -2.18. The van der Waals surface area contributed by atoms with Crippen molar-refractivity contribution in [2.45, 2.75) is 56.4 Å². The van der Waals surface area contributed by atoms with E-state index in [4.69, 9.17) is 5.11 Å². The molecule has 0 atom stereocenters. The smallest absolute Gasteiger partial charge is 0.339 e. The summed E-state index contributed by atoms with van der Waals surface area (Å²) in [5.74, 6) is -11.1. The van der Waals surface area contributed by atoms with E-state index in [1.807, 2.05) is 6.92 Å². The number of hydrogen-bond acceptors (Lipinski definition) is 5. The number of phenols is 1. The van der Waals surface area contributed by atoms with Gasteiger partial charge in [-0.2, -0.15) is 0 Å². The van der Waals surface area contributed by atoms with E-state index >= 15 is 0 Å². The third kappa shape index (κ3) is 8.01. The highest BCUT2D eigenvalue weighted by molar-refractivity contribution is 7.80. The van der Waals surface area contributed by atoms with Crippen molar-refractivity contribution < 1.29 is 41.8 Å². The summed E-state index contributed by atoms with van der Waals surface area (Å²) in [6, 6.07) is 12.7. The number of carbonyl (C=O) groups is 2. The highest BCUT2D eigenvalue weighted by atomic mass is 32.1. The Morgan fingerprint density at radius 2 is 1.48 bits per heavy atom. The number of carboxylic acid groups (broad SMARTS) is 1. The maximum atomic E-state index is 12.8. The van der Waals surface area contributed by atoms with Gasteiger partial charge in [0, 0.05) is 11.8 Å². The van der Waals surface area contributed by atoms with Crippen LogP contribution in [-0.4, -0.2) is 35.2 Å². The van der Waals surface area contributed by atoms with E-state index < -0.39 is 40.0 Å². The number of amides is 1. The second kappa shape index (κ2) is 15.0. The van der Waals surface area contributed by atoms with Crippen LogP contribution in [0.1, 0.15) is 66.4 Å². The molecule has 0 unspecified atom stereocenters. The molecule has 0 saturated heterocycles. The number of rotatable bonds is 8. The molecule has 0 bridgehead atoms. The number of nitrogens with one attached hydrogen (secondary N) is 1. The fourth-order valence-corrected chi connectivity index (χ4v) is 4.82. The van der Waals surface area contributed by atoms with Crippen LogP contribution in [0.15, 0.2) is 47.4 Å². The number of aromatic carboxylic acids is 1. The van der Waals surface area contributed by atoms with Crippen LogP contribution in [-0.2, 0) is 11.3 Å². The number of carbonyl (C=O) groups excluding carboxylic acids is 1. The van der Waals surface area contributed by atoms with Gasteiger partial charge in [0.15, 0.2) is 23.3 Å². The van der Waals surface area contributed by atoms with E-state index in [0.29, 0.717) is 24.7 Å². The summed E-state index contributed by atoms with van der Waals surface area (Å²) >= 11 is 3.10. The van der Waals surface area contributed by atoms with Gasteiger partial charge < -0.3 is 20.4 Å². The minimum Gasteiger partial charge on any atom is -0.507 e.